The Labute approximate surface area is 130 Å². The highest BCUT2D eigenvalue weighted by Gasteiger charge is 2.16. The van der Waals surface area contributed by atoms with Crippen molar-refractivity contribution < 1.29 is 4.74 Å². The van der Waals surface area contributed by atoms with Gasteiger partial charge in [-0.1, -0.05) is 38.5 Å². The van der Waals surface area contributed by atoms with Crippen LogP contribution in [0.5, 0.6) is 5.75 Å². The molecule has 2 unspecified atom stereocenters. The second-order valence-corrected chi connectivity index (χ2v) is 5.85. The van der Waals surface area contributed by atoms with Crippen molar-refractivity contribution in [3.8, 4) is 5.75 Å². The fourth-order valence-corrected chi connectivity index (χ4v) is 2.77. The summed E-state index contributed by atoms with van der Waals surface area (Å²) >= 11 is 0. The molecule has 21 heavy (non-hydrogen) atoms. The van der Waals surface area contributed by atoms with Gasteiger partial charge in [0.1, 0.15) is 5.75 Å². The average Bonchev–Trinajstić information content (AvgIpc) is 2.48. The minimum Gasteiger partial charge on any atom is -0.496 e. The molecule has 120 valence electrons. The number of likely N-dealkylation sites (N-methyl/N-ethyl adjacent to an activating group) is 2. The molecule has 0 radical (unpaired) electrons. The molecular weight excluding hydrogens is 260 g/mol. The van der Waals surface area contributed by atoms with Crippen molar-refractivity contribution in [1.82, 2.24) is 10.2 Å². The van der Waals surface area contributed by atoms with Crippen LogP contribution in [0.25, 0.3) is 0 Å². The van der Waals surface area contributed by atoms with Crippen molar-refractivity contribution in [3.05, 3.63) is 29.8 Å². The molecule has 0 aliphatic carbocycles. The van der Waals surface area contributed by atoms with Crippen LogP contribution in [0, 0.1) is 0 Å². The largest absolute Gasteiger partial charge is 0.496 e. The van der Waals surface area contributed by atoms with Crippen molar-refractivity contribution in [3.63, 3.8) is 0 Å². The Morgan fingerprint density at radius 3 is 2.57 bits per heavy atom. The van der Waals surface area contributed by atoms with Crippen LogP contribution >= 0.6 is 0 Å². The van der Waals surface area contributed by atoms with Crippen LogP contribution in [-0.4, -0.2) is 44.2 Å². The van der Waals surface area contributed by atoms with Gasteiger partial charge in [0.25, 0.3) is 0 Å². The third-order valence-corrected chi connectivity index (χ3v) is 4.10. The summed E-state index contributed by atoms with van der Waals surface area (Å²) in [6.07, 6.45) is 3.48. The van der Waals surface area contributed by atoms with Crippen LogP contribution < -0.4 is 10.1 Å². The number of hydrogen-bond donors (Lipinski definition) is 1. The van der Waals surface area contributed by atoms with E-state index in [0.717, 1.165) is 25.3 Å². The Balaban J connectivity index is 2.58. The van der Waals surface area contributed by atoms with Crippen molar-refractivity contribution in [1.29, 1.82) is 0 Å². The van der Waals surface area contributed by atoms with Gasteiger partial charge in [-0.15, -0.1) is 0 Å². The van der Waals surface area contributed by atoms with Gasteiger partial charge in [0, 0.05) is 18.6 Å². The molecule has 2 atom stereocenters. The van der Waals surface area contributed by atoms with Gasteiger partial charge in [0.2, 0.25) is 0 Å². The number of rotatable bonds is 10. The molecular formula is C18H32N2O. The number of ether oxygens (including phenoxy) is 1. The van der Waals surface area contributed by atoms with E-state index in [0.29, 0.717) is 12.1 Å². The van der Waals surface area contributed by atoms with E-state index < -0.39 is 0 Å². The molecule has 0 saturated carbocycles. The van der Waals surface area contributed by atoms with Gasteiger partial charge < -0.3 is 15.0 Å². The van der Waals surface area contributed by atoms with E-state index in [1.165, 1.54) is 18.4 Å². The van der Waals surface area contributed by atoms with Crippen LogP contribution in [0.3, 0.4) is 0 Å². The van der Waals surface area contributed by atoms with Gasteiger partial charge in [-0.2, -0.15) is 0 Å². The smallest absolute Gasteiger partial charge is 0.122 e. The quantitative estimate of drug-likeness (QED) is 0.716. The molecule has 0 aliphatic rings. The maximum absolute atomic E-state index is 5.45. The maximum atomic E-state index is 5.45. The number of methoxy groups -OCH3 is 1. The third kappa shape index (κ3) is 6.06. The molecule has 0 aromatic heterocycles. The molecule has 0 bridgehead atoms. The molecule has 1 rings (SSSR count). The Kier molecular flexibility index (Phi) is 8.40. The summed E-state index contributed by atoms with van der Waals surface area (Å²) in [6, 6.07) is 9.41. The minimum atomic E-state index is 0.499. The summed E-state index contributed by atoms with van der Waals surface area (Å²) in [5.74, 6) is 0.995. The molecule has 1 N–H and O–H groups in total. The topological polar surface area (TPSA) is 24.5 Å². The molecule has 0 heterocycles. The summed E-state index contributed by atoms with van der Waals surface area (Å²) in [7, 11) is 3.97. The van der Waals surface area contributed by atoms with Gasteiger partial charge in [0.05, 0.1) is 7.11 Å². The zero-order valence-electron chi connectivity index (χ0n) is 14.4. The van der Waals surface area contributed by atoms with Crippen molar-refractivity contribution in [2.45, 2.75) is 52.1 Å². The monoisotopic (exact) mass is 292 g/mol. The first kappa shape index (κ1) is 18.0. The summed E-state index contributed by atoms with van der Waals surface area (Å²) in [6.45, 7) is 8.86. The van der Waals surface area contributed by atoms with E-state index in [-0.39, 0.29) is 0 Å². The van der Waals surface area contributed by atoms with Crippen LogP contribution in [0.1, 0.15) is 39.2 Å². The first-order valence-electron chi connectivity index (χ1n) is 8.17. The van der Waals surface area contributed by atoms with Gasteiger partial charge in [0.15, 0.2) is 0 Å². The molecule has 0 aliphatic heterocycles. The summed E-state index contributed by atoms with van der Waals surface area (Å²) in [5.41, 5.74) is 1.29. The normalized spacial score (nSPS) is 14.2. The van der Waals surface area contributed by atoms with Crippen molar-refractivity contribution in [2.75, 3.05) is 27.2 Å². The Morgan fingerprint density at radius 1 is 1.24 bits per heavy atom. The summed E-state index contributed by atoms with van der Waals surface area (Å²) in [4.78, 5) is 2.45. The van der Waals surface area contributed by atoms with Crippen LogP contribution in [0.15, 0.2) is 24.3 Å². The van der Waals surface area contributed by atoms with Crippen molar-refractivity contribution >= 4 is 0 Å². The first-order chi connectivity index (χ1) is 10.1. The third-order valence-electron chi connectivity index (χ3n) is 4.10. The van der Waals surface area contributed by atoms with Crippen molar-refractivity contribution in [2.24, 2.45) is 0 Å². The van der Waals surface area contributed by atoms with E-state index in [4.69, 9.17) is 4.74 Å². The molecule has 0 spiro atoms. The van der Waals surface area contributed by atoms with Crippen LogP contribution in [0.2, 0.25) is 0 Å². The Morgan fingerprint density at radius 2 is 1.95 bits per heavy atom. The standard InChI is InChI=1S/C18H32N2O/c1-6-10-17(19-7-2)14-20(4)15(3)13-16-11-8-9-12-18(16)21-5/h8-9,11-12,15,17,19H,6-7,10,13-14H2,1-5H3. The predicted molar refractivity (Wildman–Crippen MR) is 91.2 cm³/mol. The highest BCUT2D eigenvalue weighted by Crippen LogP contribution is 2.20. The maximum Gasteiger partial charge on any atom is 0.122 e. The molecule has 0 fully saturated rings. The molecule has 3 heteroatoms. The minimum absolute atomic E-state index is 0.499. The zero-order valence-corrected chi connectivity index (χ0v) is 14.4. The number of nitrogens with one attached hydrogen (secondary N) is 1. The van der Waals surface area contributed by atoms with Gasteiger partial charge >= 0.3 is 0 Å². The molecule has 0 saturated heterocycles. The highest BCUT2D eigenvalue weighted by molar-refractivity contribution is 5.33. The number of hydrogen-bond acceptors (Lipinski definition) is 3. The number of benzene rings is 1. The van der Waals surface area contributed by atoms with E-state index >= 15 is 0 Å². The predicted octanol–water partition coefficient (Wildman–Crippen LogP) is 3.34. The molecule has 3 nitrogen and oxygen atoms in total. The van der Waals surface area contributed by atoms with Gasteiger partial charge in [-0.05, 0) is 45.0 Å². The second-order valence-electron chi connectivity index (χ2n) is 5.85. The molecule has 1 aromatic carbocycles. The Bertz CT molecular complexity index is 389. The summed E-state index contributed by atoms with van der Waals surface area (Å²) < 4.78 is 5.45. The first-order valence-corrected chi connectivity index (χ1v) is 8.17. The van der Waals surface area contributed by atoms with Crippen LogP contribution in [-0.2, 0) is 6.42 Å². The van der Waals surface area contributed by atoms with E-state index in [1.54, 1.807) is 7.11 Å². The zero-order chi connectivity index (χ0) is 15.7. The van der Waals surface area contributed by atoms with Gasteiger partial charge in [-0.3, -0.25) is 0 Å². The Hall–Kier alpha value is -1.06. The lowest BCUT2D eigenvalue weighted by atomic mass is 10.0. The fourth-order valence-electron chi connectivity index (χ4n) is 2.77. The lowest BCUT2D eigenvalue weighted by Crippen LogP contribution is -2.43. The fraction of sp³-hybridized carbons (Fsp3) is 0.667. The molecule has 1 aromatic rings. The highest BCUT2D eigenvalue weighted by atomic mass is 16.5. The lowest BCUT2D eigenvalue weighted by molar-refractivity contribution is 0.222. The second kappa shape index (κ2) is 9.80. The van der Waals surface area contributed by atoms with E-state index in [2.05, 4.69) is 50.2 Å². The molecule has 0 amide bonds. The number of para-hydroxylation sites is 1. The van der Waals surface area contributed by atoms with Crippen LogP contribution in [0.4, 0.5) is 0 Å². The number of nitrogens with zero attached hydrogens (tertiary/aromatic N) is 1. The van der Waals surface area contributed by atoms with Gasteiger partial charge in [-0.25, -0.2) is 0 Å². The van der Waals surface area contributed by atoms with E-state index in [1.807, 2.05) is 12.1 Å². The average molecular weight is 292 g/mol. The lowest BCUT2D eigenvalue weighted by Gasteiger charge is -2.30. The SMILES string of the molecule is CCCC(CN(C)C(C)Cc1ccccc1OC)NCC. The summed E-state index contributed by atoms with van der Waals surface area (Å²) in [5, 5.41) is 3.59. The van der Waals surface area contributed by atoms with E-state index in [9.17, 15) is 0 Å².